The van der Waals surface area contributed by atoms with Crippen LogP contribution in [-0.2, 0) is 0 Å². The van der Waals surface area contributed by atoms with Gasteiger partial charge in [-0.3, -0.25) is 9.59 Å². The summed E-state index contributed by atoms with van der Waals surface area (Å²) in [5.74, 6) is -0.726. The lowest BCUT2D eigenvalue weighted by atomic mass is 9.92. The van der Waals surface area contributed by atoms with Gasteiger partial charge in [-0.15, -0.1) is 0 Å². The fourth-order valence-electron chi connectivity index (χ4n) is 7.34. The molecule has 0 spiro atoms. The molecule has 7 aromatic carbocycles. The Hall–Kier alpha value is -7.03. The summed E-state index contributed by atoms with van der Waals surface area (Å²) in [5.41, 5.74) is 9.82. The van der Waals surface area contributed by atoms with Crippen LogP contribution in [-0.4, -0.2) is 16.4 Å². The van der Waals surface area contributed by atoms with Crippen LogP contribution in [0.5, 0.6) is 0 Å². The zero-order chi connectivity index (χ0) is 33.8. The van der Waals surface area contributed by atoms with Crippen molar-refractivity contribution < 1.29 is 9.59 Å². The molecular weight excluding hydrogens is 615 g/mol. The number of amides is 2. The number of fused-ring (bicyclic) bond motifs is 4. The zero-order valence-corrected chi connectivity index (χ0v) is 26.7. The van der Waals surface area contributed by atoms with Crippen LogP contribution in [0.1, 0.15) is 26.3 Å². The summed E-state index contributed by atoms with van der Waals surface area (Å²) in [6.07, 6.45) is 0. The van der Waals surface area contributed by atoms with E-state index in [0.717, 1.165) is 55.2 Å². The van der Waals surface area contributed by atoms with E-state index in [0.29, 0.717) is 28.1 Å². The summed E-state index contributed by atoms with van der Waals surface area (Å²) in [5, 5.41) is 11.6. The largest absolute Gasteiger partial charge is 0.308 e. The van der Waals surface area contributed by atoms with Gasteiger partial charge in [0.2, 0.25) is 0 Å². The summed E-state index contributed by atoms with van der Waals surface area (Å²) in [6.45, 7) is 0. The highest BCUT2D eigenvalue weighted by Gasteiger charge is 2.40. The van der Waals surface area contributed by atoms with Gasteiger partial charge in [0.25, 0.3) is 11.8 Å². The number of nitriles is 1. The predicted molar refractivity (Wildman–Crippen MR) is 199 cm³/mol. The van der Waals surface area contributed by atoms with Crippen molar-refractivity contribution in [2.75, 3.05) is 4.90 Å². The Morgan fingerprint density at radius 3 is 1.84 bits per heavy atom. The molecule has 5 heteroatoms. The SMILES string of the molecule is N#Cc1cccc(-c2ccc3c4ccccc4n(-c4cccc5c4C(=O)N(c4cccc(-c6ccccc6)c4-c4ccccc4)C5=O)c3c2)c1. The standard InChI is InChI=1S/C45H27N3O2/c46-28-29-12-9-17-32(26-29)33-24-25-36-35-18-7-8-21-38(35)47(41(36)27-33)40-23-11-20-37-43(40)45(50)48(44(37)49)39-22-10-19-34(30-13-3-1-4-14-30)42(39)31-15-5-2-6-16-31/h1-27H. The maximum absolute atomic E-state index is 14.8. The van der Waals surface area contributed by atoms with E-state index in [9.17, 15) is 14.9 Å². The third-order valence-corrected chi connectivity index (χ3v) is 9.56. The number of hydrogen-bond donors (Lipinski definition) is 0. The zero-order valence-electron chi connectivity index (χ0n) is 26.7. The van der Waals surface area contributed by atoms with E-state index >= 15 is 0 Å². The molecule has 0 fully saturated rings. The van der Waals surface area contributed by atoms with Crippen LogP contribution in [0, 0.1) is 11.3 Å². The van der Waals surface area contributed by atoms with E-state index < -0.39 is 0 Å². The lowest BCUT2D eigenvalue weighted by Crippen LogP contribution is -2.30. The van der Waals surface area contributed by atoms with Crippen LogP contribution < -0.4 is 4.90 Å². The van der Waals surface area contributed by atoms with Crippen molar-refractivity contribution in [3.05, 3.63) is 180 Å². The second kappa shape index (κ2) is 11.6. The van der Waals surface area contributed by atoms with Gasteiger partial charge in [-0.05, 0) is 70.3 Å². The molecular formula is C45H27N3O2. The molecule has 1 aliphatic rings. The summed E-state index contributed by atoms with van der Waals surface area (Å²) < 4.78 is 2.09. The molecule has 5 nitrogen and oxygen atoms in total. The molecule has 0 N–H and O–H groups in total. The Kier molecular flexibility index (Phi) is 6.75. The Bertz CT molecular complexity index is 2700. The highest BCUT2D eigenvalue weighted by molar-refractivity contribution is 6.36. The molecule has 0 atom stereocenters. The fourth-order valence-corrected chi connectivity index (χ4v) is 7.34. The van der Waals surface area contributed by atoms with Crippen molar-refractivity contribution in [2.45, 2.75) is 0 Å². The monoisotopic (exact) mass is 641 g/mol. The average Bonchev–Trinajstić information content (AvgIpc) is 3.65. The van der Waals surface area contributed by atoms with Crippen molar-refractivity contribution >= 4 is 39.3 Å². The van der Waals surface area contributed by atoms with E-state index in [2.05, 4.69) is 34.9 Å². The minimum atomic E-state index is -0.369. The molecule has 9 rings (SSSR count). The quantitative estimate of drug-likeness (QED) is 0.176. The summed E-state index contributed by atoms with van der Waals surface area (Å²) >= 11 is 0. The smallest absolute Gasteiger partial charge is 0.268 e. The molecule has 0 saturated carbocycles. The van der Waals surface area contributed by atoms with Gasteiger partial charge in [-0.2, -0.15) is 5.26 Å². The third kappa shape index (κ3) is 4.47. The average molecular weight is 642 g/mol. The number of benzene rings is 7. The molecule has 1 aromatic heterocycles. The first-order valence-electron chi connectivity index (χ1n) is 16.4. The van der Waals surface area contributed by atoms with Gasteiger partial charge in [0.05, 0.1) is 45.2 Å². The first kappa shape index (κ1) is 29.1. The molecule has 1 aliphatic heterocycles. The van der Waals surface area contributed by atoms with Crippen molar-refractivity contribution in [3.8, 4) is 45.1 Å². The fraction of sp³-hybridized carbons (Fsp3) is 0. The molecule has 234 valence electrons. The molecule has 0 radical (unpaired) electrons. The van der Waals surface area contributed by atoms with E-state index in [-0.39, 0.29) is 11.8 Å². The summed E-state index contributed by atoms with van der Waals surface area (Å²) in [4.78, 5) is 30.6. The third-order valence-electron chi connectivity index (χ3n) is 9.56. The van der Waals surface area contributed by atoms with Gasteiger partial charge in [0.1, 0.15) is 0 Å². The molecule has 0 aliphatic carbocycles. The van der Waals surface area contributed by atoms with Crippen molar-refractivity contribution in [2.24, 2.45) is 0 Å². The van der Waals surface area contributed by atoms with Crippen molar-refractivity contribution in [1.29, 1.82) is 5.26 Å². The van der Waals surface area contributed by atoms with Crippen LogP contribution in [0.25, 0.3) is 60.9 Å². The molecule has 0 bridgehead atoms. The number of imide groups is 1. The van der Waals surface area contributed by atoms with E-state index in [1.54, 1.807) is 12.1 Å². The first-order chi connectivity index (χ1) is 24.6. The van der Waals surface area contributed by atoms with Gasteiger partial charge in [-0.1, -0.05) is 121 Å². The lowest BCUT2D eigenvalue weighted by molar-refractivity contribution is 0.0926. The molecule has 2 heterocycles. The number of carbonyl (C=O) groups is 2. The lowest BCUT2D eigenvalue weighted by Gasteiger charge is -2.22. The maximum atomic E-state index is 14.8. The van der Waals surface area contributed by atoms with Crippen LogP contribution in [0.2, 0.25) is 0 Å². The minimum Gasteiger partial charge on any atom is -0.308 e. The topological polar surface area (TPSA) is 66.1 Å². The highest BCUT2D eigenvalue weighted by Crippen LogP contribution is 2.44. The van der Waals surface area contributed by atoms with Gasteiger partial charge in [-0.25, -0.2) is 4.90 Å². The highest BCUT2D eigenvalue weighted by atomic mass is 16.2. The molecule has 8 aromatic rings. The number of rotatable bonds is 5. The van der Waals surface area contributed by atoms with E-state index in [4.69, 9.17) is 0 Å². The number of aromatic nitrogens is 1. The Balaban J connectivity index is 1.26. The second-order valence-electron chi connectivity index (χ2n) is 12.4. The predicted octanol–water partition coefficient (Wildman–Crippen LogP) is 10.5. The first-order valence-corrected chi connectivity index (χ1v) is 16.4. The number of carbonyl (C=O) groups excluding carboxylic acids is 2. The van der Waals surface area contributed by atoms with Crippen LogP contribution >= 0.6 is 0 Å². The number of para-hydroxylation sites is 1. The van der Waals surface area contributed by atoms with Crippen molar-refractivity contribution in [1.82, 2.24) is 4.57 Å². The Morgan fingerprint density at radius 2 is 1.06 bits per heavy atom. The number of anilines is 1. The van der Waals surface area contributed by atoms with Gasteiger partial charge in [0, 0.05) is 16.3 Å². The second-order valence-corrected chi connectivity index (χ2v) is 12.4. The molecule has 0 saturated heterocycles. The summed E-state index contributed by atoms with van der Waals surface area (Å²) in [6, 6.07) is 55.4. The summed E-state index contributed by atoms with van der Waals surface area (Å²) in [7, 11) is 0. The molecule has 50 heavy (non-hydrogen) atoms. The van der Waals surface area contributed by atoms with Gasteiger partial charge < -0.3 is 4.57 Å². The normalized spacial score (nSPS) is 12.4. The van der Waals surface area contributed by atoms with Crippen molar-refractivity contribution in [3.63, 3.8) is 0 Å². The van der Waals surface area contributed by atoms with Crippen LogP contribution in [0.4, 0.5) is 5.69 Å². The van der Waals surface area contributed by atoms with Gasteiger partial charge in [0.15, 0.2) is 0 Å². The van der Waals surface area contributed by atoms with Crippen LogP contribution in [0.3, 0.4) is 0 Å². The number of nitrogens with zero attached hydrogens (tertiary/aromatic N) is 3. The van der Waals surface area contributed by atoms with Crippen LogP contribution in [0.15, 0.2) is 164 Å². The molecule has 2 amide bonds. The minimum absolute atomic E-state index is 0.357. The Morgan fingerprint density at radius 1 is 0.440 bits per heavy atom. The maximum Gasteiger partial charge on any atom is 0.268 e. The Labute approximate surface area is 288 Å². The number of hydrogen-bond acceptors (Lipinski definition) is 3. The van der Waals surface area contributed by atoms with Gasteiger partial charge >= 0.3 is 0 Å². The van der Waals surface area contributed by atoms with E-state index in [1.165, 1.54) is 4.90 Å². The molecule has 0 unspecified atom stereocenters. The van der Waals surface area contributed by atoms with E-state index in [1.807, 2.05) is 127 Å².